The number of fused-ring (bicyclic) bond motifs is 2. The second-order valence-electron chi connectivity index (χ2n) is 7.92. The molecule has 3 aliphatic carbocycles. The van der Waals surface area contributed by atoms with Gasteiger partial charge in [-0.2, -0.15) is 0 Å². The normalized spacial score (nSPS) is 45.8. The highest BCUT2D eigenvalue weighted by molar-refractivity contribution is 4.92. The molecule has 6 unspecified atom stereocenters. The van der Waals surface area contributed by atoms with Gasteiger partial charge >= 0.3 is 0 Å². The zero-order valence-electron chi connectivity index (χ0n) is 13.0. The van der Waals surface area contributed by atoms with Gasteiger partial charge < -0.3 is 5.32 Å². The first-order valence-electron chi connectivity index (χ1n) is 8.97. The van der Waals surface area contributed by atoms with Gasteiger partial charge in [-0.05, 0) is 87.1 Å². The van der Waals surface area contributed by atoms with E-state index in [0.717, 1.165) is 42.1 Å². The SMILES string of the molecule is CCNCC1CCC(C)CC1CC1CC2CCC1C2. The molecule has 110 valence electrons. The molecule has 1 heteroatoms. The summed E-state index contributed by atoms with van der Waals surface area (Å²) >= 11 is 0. The van der Waals surface area contributed by atoms with Gasteiger partial charge in [0.25, 0.3) is 0 Å². The molecule has 0 aromatic rings. The molecule has 2 bridgehead atoms. The van der Waals surface area contributed by atoms with E-state index in [4.69, 9.17) is 0 Å². The standard InChI is InChI=1S/C18H33N/c1-3-19-12-16-6-4-13(2)8-17(16)11-18-10-14-5-7-15(18)9-14/h13-19H,3-12H2,1-2H3. The Kier molecular flexibility index (Phi) is 4.51. The van der Waals surface area contributed by atoms with Crippen LogP contribution in [0, 0.1) is 35.5 Å². The third-order valence-electron chi connectivity index (χ3n) is 6.55. The lowest BCUT2D eigenvalue weighted by Crippen LogP contribution is -2.34. The van der Waals surface area contributed by atoms with E-state index in [2.05, 4.69) is 19.2 Å². The van der Waals surface area contributed by atoms with Crippen LogP contribution in [0.3, 0.4) is 0 Å². The van der Waals surface area contributed by atoms with E-state index in [1.807, 2.05) is 0 Å². The molecule has 0 aliphatic heterocycles. The van der Waals surface area contributed by atoms with Gasteiger partial charge in [0.05, 0.1) is 0 Å². The fourth-order valence-corrected chi connectivity index (χ4v) is 5.50. The van der Waals surface area contributed by atoms with E-state index in [0.29, 0.717) is 0 Å². The summed E-state index contributed by atoms with van der Waals surface area (Å²) in [5.41, 5.74) is 0. The minimum absolute atomic E-state index is 0.982. The largest absolute Gasteiger partial charge is 0.317 e. The van der Waals surface area contributed by atoms with Gasteiger partial charge in [-0.15, -0.1) is 0 Å². The van der Waals surface area contributed by atoms with Crippen molar-refractivity contribution in [2.24, 2.45) is 35.5 Å². The maximum atomic E-state index is 3.62. The van der Waals surface area contributed by atoms with Crippen LogP contribution in [0.4, 0.5) is 0 Å². The van der Waals surface area contributed by atoms with Crippen molar-refractivity contribution in [3.8, 4) is 0 Å². The van der Waals surface area contributed by atoms with Crippen molar-refractivity contribution in [1.82, 2.24) is 5.32 Å². The first-order valence-corrected chi connectivity index (χ1v) is 8.97. The summed E-state index contributed by atoms with van der Waals surface area (Å²) in [6.07, 6.45) is 12.3. The summed E-state index contributed by atoms with van der Waals surface area (Å²) in [6, 6.07) is 0. The van der Waals surface area contributed by atoms with Crippen LogP contribution in [0.25, 0.3) is 0 Å². The first kappa shape index (κ1) is 13.9. The van der Waals surface area contributed by atoms with Crippen LogP contribution in [0.5, 0.6) is 0 Å². The van der Waals surface area contributed by atoms with E-state index in [1.54, 1.807) is 32.1 Å². The van der Waals surface area contributed by atoms with Crippen LogP contribution in [-0.4, -0.2) is 13.1 Å². The van der Waals surface area contributed by atoms with Gasteiger partial charge in [0.1, 0.15) is 0 Å². The summed E-state index contributed by atoms with van der Waals surface area (Å²) in [5, 5.41) is 3.62. The molecular weight excluding hydrogens is 230 g/mol. The predicted octanol–water partition coefficient (Wildman–Crippen LogP) is 4.47. The summed E-state index contributed by atoms with van der Waals surface area (Å²) in [5.74, 6) is 6.37. The van der Waals surface area contributed by atoms with Crippen LogP contribution in [-0.2, 0) is 0 Å². The maximum absolute atomic E-state index is 3.62. The van der Waals surface area contributed by atoms with Crippen molar-refractivity contribution in [2.45, 2.75) is 65.2 Å². The lowest BCUT2D eigenvalue weighted by molar-refractivity contribution is 0.137. The third-order valence-corrected chi connectivity index (χ3v) is 6.55. The molecule has 6 atom stereocenters. The summed E-state index contributed by atoms with van der Waals surface area (Å²) in [7, 11) is 0. The van der Waals surface area contributed by atoms with Crippen LogP contribution >= 0.6 is 0 Å². The van der Waals surface area contributed by atoms with Crippen LogP contribution in [0.2, 0.25) is 0 Å². The first-order chi connectivity index (χ1) is 9.26. The van der Waals surface area contributed by atoms with Crippen LogP contribution in [0.15, 0.2) is 0 Å². The molecule has 0 heterocycles. The smallest absolute Gasteiger partial charge is 0.00180 e. The highest BCUT2D eigenvalue weighted by Crippen LogP contribution is 2.52. The van der Waals surface area contributed by atoms with E-state index < -0.39 is 0 Å². The Morgan fingerprint density at radius 3 is 2.47 bits per heavy atom. The van der Waals surface area contributed by atoms with Gasteiger partial charge in [-0.1, -0.05) is 26.7 Å². The molecule has 0 radical (unpaired) electrons. The zero-order chi connectivity index (χ0) is 13.2. The Hall–Kier alpha value is -0.0400. The van der Waals surface area contributed by atoms with Crippen molar-refractivity contribution in [2.75, 3.05) is 13.1 Å². The van der Waals surface area contributed by atoms with E-state index in [9.17, 15) is 0 Å². The molecule has 0 saturated heterocycles. The predicted molar refractivity (Wildman–Crippen MR) is 82.1 cm³/mol. The molecule has 0 aromatic heterocycles. The quantitative estimate of drug-likeness (QED) is 0.771. The van der Waals surface area contributed by atoms with Gasteiger partial charge in [-0.3, -0.25) is 0 Å². The van der Waals surface area contributed by atoms with Gasteiger partial charge in [0.2, 0.25) is 0 Å². The van der Waals surface area contributed by atoms with Crippen molar-refractivity contribution in [3.05, 3.63) is 0 Å². The number of hydrogen-bond donors (Lipinski definition) is 1. The number of hydrogen-bond acceptors (Lipinski definition) is 1. The Morgan fingerprint density at radius 1 is 0.895 bits per heavy atom. The Bertz CT molecular complexity index is 285. The Labute approximate surface area is 119 Å². The summed E-state index contributed by atoms with van der Waals surface area (Å²) < 4.78 is 0. The monoisotopic (exact) mass is 263 g/mol. The molecule has 0 aromatic carbocycles. The number of rotatable bonds is 5. The molecule has 19 heavy (non-hydrogen) atoms. The topological polar surface area (TPSA) is 12.0 Å². The van der Waals surface area contributed by atoms with E-state index in [-0.39, 0.29) is 0 Å². The highest BCUT2D eigenvalue weighted by atomic mass is 14.8. The molecule has 3 fully saturated rings. The zero-order valence-corrected chi connectivity index (χ0v) is 13.0. The second-order valence-corrected chi connectivity index (χ2v) is 7.92. The average Bonchev–Trinajstić information content (AvgIpc) is 3.00. The van der Waals surface area contributed by atoms with Gasteiger partial charge in [0, 0.05) is 0 Å². The molecule has 3 aliphatic rings. The highest BCUT2D eigenvalue weighted by Gasteiger charge is 2.41. The molecule has 3 rings (SSSR count). The van der Waals surface area contributed by atoms with E-state index in [1.165, 1.54) is 25.8 Å². The van der Waals surface area contributed by atoms with Crippen molar-refractivity contribution in [3.63, 3.8) is 0 Å². The molecule has 3 saturated carbocycles. The van der Waals surface area contributed by atoms with Crippen molar-refractivity contribution < 1.29 is 0 Å². The number of nitrogens with one attached hydrogen (secondary N) is 1. The Morgan fingerprint density at radius 2 is 1.79 bits per heavy atom. The maximum Gasteiger partial charge on any atom is -0.00180 e. The van der Waals surface area contributed by atoms with Crippen LogP contribution in [0.1, 0.15) is 65.2 Å². The van der Waals surface area contributed by atoms with Crippen molar-refractivity contribution >= 4 is 0 Å². The molecule has 1 N–H and O–H groups in total. The van der Waals surface area contributed by atoms with E-state index >= 15 is 0 Å². The minimum Gasteiger partial charge on any atom is -0.317 e. The molecule has 1 nitrogen and oxygen atoms in total. The fourth-order valence-electron chi connectivity index (χ4n) is 5.50. The molecule has 0 spiro atoms. The average molecular weight is 263 g/mol. The molecular formula is C18H33N. The summed E-state index contributed by atoms with van der Waals surface area (Å²) in [4.78, 5) is 0. The third kappa shape index (κ3) is 3.17. The van der Waals surface area contributed by atoms with Crippen LogP contribution < -0.4 is 5.32 Å². The minimum atomic E-state index is 0.982. The lowest BCUT2D eigenvalue weighted by Gasteiger charge is -2.38. The second kappa shape index (κ2) is 6.16. The van der Waals surface area contributed by atoms with Gasteiger partial charge in [-0.25, -0.2) is 0 Å². The molecule has 0 amide bonds. The van der Waals surface area contributed by atoms with Crippen molar-refractivity contribution in [1.29, 1.82) is 0 Å². The fraction of sp³-hybridized carbons (Fsp3) is 1.00. The van der Waals surface area contributed by atoms with Gasteiger partial charge in [0.15, 0.2) is 0 Å². The lowest BCUT2D eigenvalue weighted by atomic mass is 9.69. The summed E-state index contributed by atoms with van der Waals surface area (Å²) in [6.45, 7) is 7.16. The Balaban J connectivity index is 1.56.